The van der Waals surface area contributed by atoms with Crippen LogP contribution in [-0.2, 0) is 0 Å². The zero-order valence-electron chi connectivity index (χ0n) is 22.9. The predicted molar refractivity (Wildman–Crippen MR) is 159 cm³/mol. The van der Waals surface area contributed by atoms with Crippen molar-refractivity contribution in [1.82, 2.24) is 0 Å². The molecule has 0 saturated carbocycles. The molecule has 41 heavy (non-hydrogen) atoms. The van der Waals surface area contributed by atoms with Crippen LogP contribution in [0.25, 0.3) is 6.08 Å². The van der Waals surface area contributed by atoms with Gasteiger partial charge in [0.2, 0.25) is 0 Å². The van der Waals surface area contributed by atoms with Crippen LogP contribution in [0.3, 0.4) is 0 Å². The maximum absolute atomic E-state index is 14.8. The zero-order chi connectivity index (χ0) is 28.3. The lowest BCUT2D eigenvalue weighted by Crippen LogP contribution is -2.48. The molecule has 0 aromatic heterocycles. The minimum absolute atomic E-state index is 0.134. The molecule has 2 heterocycles. The van der Waals surface area contributed by atoms with Gasteiger partial charge in [-0.1, -0.05) is 103 Å². The summed E-state index contributed by atoms with van der Waals surface area (Å²) >= 11 is 0. The van der Waals surface area contributed by atoms with Crippen LogP contribution in [0, 0.1) is 12.3 Å². The first-order valence-electron chi connectivity index (χ1n) is 14.0. The van der Waals surface area contributed by atoms with E-state index < -0.39 is 23.4 Å². The summed E-state index contributed by atoms with van der Waals surface area (Å²) in [4.78, 5) is 46.3. The number of anilines is 1. The van der Waals surface area contributed by atoms with Crippen molar-refractivity contribution in [3.8, 4) is 5.75 Å². The van der Waals surface area contributed by atoms with Gasteiger partial charge in [0, 0.05) is 33.9 Å². The first kappa shape index (κ1) is 25.2. The molecule has 1 saturated heterocycles. The number of hydrogen-bond donors (Lipinski definition) is 0. The average molecular weight is 540 g/mol. The Morgan fingerprint density at radius 2 is 1.46 bits per heavy atom. The molecular formula is C36H29NO4. The highest BCUT2D eigenvalue weighted by Gasteiger charge is 2.71. The Labute approximate surface area is 239 Å². The van der Waals surface area contributed by atoms with Crippen molar-refractivity contribution < 1.29 is 19.1 Å². The fraction of sp³-hybridized carbons (Fsp3) is 0.194. The number of carbonyl (C=O) groups excluding carboxylic acids is 3. The molecule has 0 unspecified atom stereocenters. The molecule has 0 bridgehead atoms. The predicted octanol–water partition coefficient (Wildman–Crippen LogP) is 6.71. The van der Waals surface area contributed by atoms with Crippen LogP contribution in [0.1, 0.15) is 60.6 Å². The summed E-state index contributed by atoms with van der Waals surface area (Å²) in [6.07, 6.45) is 3.93. The van der Waals surface area contributed by atoms with Gasteiger partial charge in [0.1, 0.15) is 17.2 Å². The molecule has 2 aliphatic heterocycles. The molecule has 0 N–H and O–H groups in total. The summed E-state index contributed by atoms with van der Waals surface area (Å²) in [5.41, 5.74) is 3.31. The van der Waals surface area contributed by atoms with Gasteiger partial charge in [-0.25, -0.2) is 0 Å². The van der Waals surface area contributed by atoms with Crippen LogP contribution in [0.15, 0.2) is 103 Å². The van der Waals surface area contributed by atoms with Gasteiger partial charge in [-0.2, -0.15) is 0 Å². The van der Waals surface area contributed by atoms with E-state index in [0.29, 0.717) is 34.6 Å². The zero-order valence-corrected chi connectivity index (χ0v) is 22.9. The molecular weight excluding hydrogens is 510 g/mol. The van der Waals surface area contributed by atoms with E-state index in [-0.39, 0.29) is 17.3 Å². The van der Waals surface area contributed by atoms with Crippen molar-refractivity contribution in [1.29, 1.82) is 0 Å². The maximum atomic E-state index is 14.8. The molecule has 5 nitrogen and oxygen atoms in total. The Morgan fingerprint density at radius 3 is 2.17 bits per heavy atom. The van der Waals surface area contributed by atoms with Gasteiger partial charge in [-0.15, -0.1) is 0 Å². The van der Waals surface area contributed by atoms with Gasteiger partial charge in [0.15, 0.2) is 17.3 Å². The number of aryl methyl sites for hydroxylation is 1. The number of nitrogens with zero attached hydrogens (tertiary/aromatic N) is 1. The largest absolute Gasteiger partial charge is 0.494 e. The Morgan fingerprint density at radius 1 is 0.829 bits per heavy atom. The molecule has 0 amide bonds. The van der Waals surface area contributed by atoms with Gasteiger partial charge < -0.3 is 9.64 Å². The third kappa shape index (κ3) is 3.45. The van der Waals surface area contributed by atoms with Crippen molar-refractivity contribution in [2.24, 2.45) is 5.41 Å². The van der Waals surface area contributed by atoms with Crippen molar-refractivity contribution in [2.45, 2.75) is 31.8 Å². The molecule has 4 aromatic rings. The Hall–Kier alpha value is -4.77. The van der Waals surface area contributed by atoms with Crippen molar-refractivity contribution >= 4 is 29.1 Å². The normalized spacial score (nSPS) is 21.5. The lowest BCUT2D eigenvalue weighted by atomic mass is 9.64. The van der Waals surface area contributed by atoms with Crippen molar-refractivity contribution in [3.05, 3.63) is 137 Å². The van der Waals surface area contributed by atoms with Gasteiger partial charge in [-0.05, 0) is 31.5 Å². The summed E-state index contributed by atoms with van der Waals surface area (Å²) in [6.45, 7) is 4.29. The topological polar surface area (TPSA) is 63.7 Å². The number of ether oxygens (including phenoxy) is 1. The van der Waals surface area contributed by atoms with Crippen LogP contribution in [0.2, 0.25) is 0 Å². The van der Waals surface area contributed by atoms with E-state index in [9.17, 15) is 14.4 Å². The van der Waals surface area contributed by atoms with E-state index in [2.05, 4.69) is 0 Å². The molecule has 0 radical (unpaired) electrons. The molecule has 3 aliphatic rings. The lowest BCUT2D eigenvalue weighted by Gasteiger charge is -2.37. The highest BCUT2D eigenvalue weighted by atomic mass is 16.5. The van der Waals surface area contributed by atoms with Crippen LogP contribution in [-0.4, -0.2) is 36.0 Å². The SMILES string of the molecule is CCOc1ccccc1[C@@H]1[C@H](C(=O)c2ccc(C)cc2)N2c3ccccc3C=C[C@@H]2C12C(=O)c1ccccc1C2=O. The monoisotopic (exact) mass is 539 g/mol. The number of benzene rings is 4. The number of ketones is 3. The highest BCUT2D eigenvalue weighted by Crippen LogP contribution is 2.61. The van der Waals surface area contributed by atoms with Gasteiger partial charge >= 0.3 is 0 Å². The molecule has 5 heteroatoms. The van der Waals surface area contributed by atoms with Crippen molar-refractivity contribution in [2.75, 3.05) is 11.5 Å². The van der Waals surface area contributed by atoms with E-state index in [1.54, 1.807) is 24.3 Å². The smallest absolute Gasteiger partial charge is 0.185 e. The first-order chi connectivity index (χ1) is 20.0. The van der Waals surface area contributed by atoms with E-state index in [0.717, 1.165) is 16.8 Å². The summed E-state index contributed by atoms with van der Waals surface area (Å²) in [7, 11) is 0. The molecule has 1 spiro atoms. The fourth-order valence-electron chi connectivity index (χ4n) is 7.17. The van der Waals surface area contributed by atoms with E-state index >= 15 is 0 Å². The summed E-state index contributed by atoms with van der Waals surface area (Å²) in [5, 5.41) is 0. The third-order valence-corrected chi connectivity index (χ3v) is 8.87. The summed E-state index contributed by atoms with van der Waals surface area (Å²) < 4.78 is 6.10. The molecule has 1 aliphatic carbocycles. The van der Waals surface area contributed by atoms with Crippen LogP contribution >= 0.6 is 0 Å². The van der Waals surface area contributed by atoms with Gasteiger partial charge in [-0.3, -0.25) is 14.4 Å². The number of para-hydroxylation sites is 2. The van der Waals surface area contributed by atoms with Crippen LogP contribution in [0.4, 0.5) is 5.69 Å². The quantitative estimate of drug-likeness (QED) is 0.208. The van der Waals surface area contributed by atoms with Gasteiger partial charge in [0.05, 0.1) is 12.6 Å². The van der Waals surface area contributed by atoms with Gasteiger partial charge in [0.25, 0.3) is 0 Å². The second-order valence-electron chi connectivity index (χ2n) is 11.0. The second kappa shape index (κ2) is 9.41. The van der Waals surface area contributed by atoms with E-state index in [1.807, 2.05) is 104 Å². The Bertz CT molecular complexity index is 1720. The van der Waals surface area contributed by atoms with Crippen molar-refractivity contribution in [3.63, 3.8) is 0 Å². The number of Topliss-reactive ketones (excluding diaryl/α,β-unsaturated/α-hetero) is 3. The summed E-state index contributed by atoms with van der Waals surface area (Å²) in [5.74, 6) is -0.841. The lowest BCUT2D eigenvalue weighted by molar-refractivity contribution is 0.0664. The minimum Gasteiger partial charge on any atom is -0.494 e. The second-order valence-corrected chi connectivity index (χ2v) is 11.0. The first-order valence-corrected chi connectivity index (χ1v) is 14.0. The molecule has 4 aromatic carbocycles. The van der Waals surface area contributed by atoms with E-state index in [4.69, 9.17) is 4.74 Å². The van der Waals surface area contributed by atoms with Crippen LogP contribution < -0.4 is 9.64 Å². The molecule has 202 valence electrons. The third-order valence-electron chi connectivity index (χ3n) is 8.87. The molecule has 3 atom stereocenters. The fourth-order valence-corrected chi connectivity index (χ4v) is 7.17. The summed E-state index contributed by atoms with van der Waals surface area (Å²) in [6, 6.07) is 28.5. The minimum atomic E-state index is -1.55. The number of rotatable bonds is 5. The Kier molecular flexibility index (Phi) is 5.79. The van der Waals surface area contributed by atoms with Crippen LogP contribution in [0.5, 0.6) is 5.75 Å². The molecule has 1 fully saturated rings. The standard InChI is InChI=1S/C36H29NO4/c1-3-41-29-15-9-7-13-27(29)31-32(33(38)24-18-16-22(2)17-19-24)37-28-14-8-4-10-23(28)20-21-30(37)36(31)34(39)25-11-5-6-12-26(25)35(36)40/h4-21,30-32H,3H2,1-2H3/t30-,31-,32-/m1/s1. The van der Waals surface area contributed by atoms with E-state index in [1.165, 1.54) is 0 Å². The highest BCUT2D eigenvalue weighted by molar-refractivity contribution is 6.32. The maximum Gasteiger partial charge on any atom is 0.185 e. The number of carbonyl (C=O) groups is 3. The number of fused-ring (bicyclic) bond motifs is 5. The Balaban J connectivity index is 1.56. The number of hydrogen-bond acceptors (Lipinski definition) is 5. The average Bonchev–Trinajstić information content (AvgIpc) is 3.44. The molecule has 7 rings (SSSR count).